The number of carbonyl (C=O) groups excluding carboxylic acids is 1. The van der Waals surface area contributed by atoms with E-state index in [0.29, 0.717) is 10.6 Å². The maximum absolute atomic E-state index is 13.3. The smallest absolute Gasteiger partial charge is 0.270 e. The number of anilines is 1. The number of nitrogens with one attached hydrogen (secondary N) is 1. The molecular weight excluding hydrogens is 468 g/mol. The number of sulfonamides is 1. The first-order chi connectivity index (χ1) is 15.7. The molecule has 9 nitrogen and oxygen atoms in total. The Morgan fingerprint density at radius 1 is 1.12 bits per heavy atom. The Morgan fingerprint density at radius 3 is 2.48 bits per heavy atom. The molecule has 0 fully saturated rings. The van der Waals surface area contributed by atoms with Gasteiger partial charge >= 0.3 is 0 Å². The van der Waals surface area contributed by atoms with E-state index in [2.05, 4.69) is 10.5 Å². The monoisotopic (exact) mass is 486 g/mol. The fraction of sp³-hybridized carbons (Fsp3) is 0.0909. The van der Waals surface area contributed by atoms with Crippen LogP contribution in [0.15, 0.2) is 82.8 Å². The Bertz CT molecular complexity index is 1310. The topological polar surface area (TPSA) is 122 Å². The van der Waals surface area contributed by atoms with E-state index in [1.54, 1.807) is 30.3 Å². The minimum atomic E-state index is -4.09. The summed E-state index contributed by atoms with van der Waals surface area (Å²) in [5.74, 6) is -0.715. The van der Waals surface area contributed by atoms with Crippen LogP contribution in [0.4, 0.5) is 11.4 Å². The molecule has 0 spiro atoms. The molecule has 11 heteroatoms. The van der Waals surface area contributed by atoms with Crippen molar-refractivity contribution in [1.29, 1.82) is 0 Å². The van der Waals surface area contributed by atoms with E-state index in [-0.39, 0.29) is 16.3 Å². The SMILES string of the molecule is Cc1ccc(S(=O)(=O)N(CC(=O)N/N=C\c2cccc([N+](=O)[O-])c2)c2cccc(Cl)c2)cc1. The molecule has 33 heavy (non-hydrogen) atoms. The number of hydrogen-bond donors (Lipinski definition) is 1. The third-order valence-corrected chi connectivity index (χ3v) is 6.50. The van der Waals surface area contributed by atoms with Crippen LogP contribution in [-0.4, -0.2) is 32.0 Å². The number of rotatable bonds is 8. The van der Waals surface area contributed by atoms with Gasteiger partial charge in [-0.1, -0.05) is 47.5 Å². The van der Waals surface area contributed by atoms with Crippen LogP contribution in [0, 0.1) is 17.0 Å². The molecule has 1 N–H and O–H groups in total. The van der Waals surface area contributed by atoms with Crippen molar-refractivity contribution in [1.82, 2.24) is 5.43 Å². The van der Waals surface area contributed by atoms with E-state index in [0.717, 1.165) is 9.87 Å². The fourth-order valence-electron chi connectivity index (χ4n) is 2.85. The van der Waals surface area contributed by atoms with E-state index in [1.807, 2.05) is 6.92 Å². The third-order valence-electron chi connectivity index (χ3n) is 4.48. The van der Waals surface area contributed by atoms with Gasteiger partial charge in [-0.25, -0.2) is 13.8 Å². The Morgan fingerprint density at radius 2 is 1.82 bits per heavy atom. The molecule has 1 amide bonds. The highest BCUT2D eigenvalue weighted by Gasteiger charge is 2.27. The van der Waals surface area contributed by atoms with Crippen molar-refractivity contribution in [2.24, 2.45) is 5.10 Å². The van der Waals surface area contributed by atoms with E-state index in [9.17, 15) is 23.3 Å². The minimum Gasteiger partial charge on any atom is -0.271 e. The zero-order valence-electron chi connectivity index (χ0n) is 17.4. The quantitative estimate of drug-likeness (QED) is 0.294. The van der Waals surface area contributed by atoms with Gasteiger partial charge in [-0.05, 0) is 37.3 Å². The molecule has 0 heterocycles. The summed E-state index contributed by atoms with van der Waals surface area (Å²) in [6, 6.07) is 18.0. The van der Waals surface area contributed by atoms with Crippen molar-refractivity contribution >= 4 is 45.1 Å². The predicted octanol–water partition coefficient (Wildman–Crippen LogP) is 3.90. The average molecular weight is 487 g/mol. The minimum absolute atomic E-state index is 0.0148. The third kappa shape index (κ3) is 6.15. The number of hydrazone groups is 1. The summed E-state index contributed by atoms with van der Waals surface area (Å²) in [4.78, 5) is 22.9. The van der Waals surface area contributed by atoms with Crippen molar-refractivity contribution in [3.05, 3.63) is 99.1 Å². The van der Waals surface area contributed by atoms with Crippen LogP contribution >= 0.6 is 11.6 Å². The second-order valence-electron chi connectivity index (χ2n) is 6.95. The first-order valence-corrected chi connectivity index (χ1v) is 11.4. The van der Waals surface area contributed by atoms with Crippen LogP contribution in [0.2, 0.25) is 5.02 Å². The van der Waals surface area contributed by atoms with Gasteiger partial charge in [0.05, 0.1) is 21.7 Å². The first kappa shape index (κ1) is 23.9. The molecule has 0 aliphatic heterocycles. The van der Waals surface area contributed by atoms with Crippen LogP contribution in [0.25, 0.3) is 0 Å². The van der Waals surface area contributed by atoms with E-state index in [4.69, 9.17) is 11.6 Å². The predicted molar refractivity (Wildman–Crippen MR) is 126 cm³/mol. The number of carbonyl (C=O) groups is 1. The first-order valence-electron chi connectivity index (χ1n) is 9.58. The highest BCUT2D eigenvalue weighted by Crippen LogP contribution is 2.26. The van der Waals surface area contributed by atoms with Crippen molar-refractivity contribution in [2.45, 2.75) is 11.8 Å². The standard InChI is InChI=1S/C22H19ClN4O5S/c1-16-8-10-21(11-9-16)33(31,32)26(19-6-3-5-18(23)13-19)15-22(28)25-24-14-17-4-2-7-20(12-17)27(29)30/h2-14H,15H2,1H3,(H,25,28)/b24-14-. The van der Waals surface area contributed by atoms with Gasteiger partial charge in [0.1, 0.15) is 6.54 Å². The van der Waals surface area contributed by atoms with Gasteiger partial charge < -0.3 is 0 Å². The van der Waals surface area contributed by atoms with E-state index >= 15 is 0 Å². The molecule has 0 aromatic heterocycles. The molecule has 0 bridgehead atoms. The normalized spacial score (nSPS) is 11.3. The fourth-order valence-corrected chi connectivity index (χ4v) is 4.44. The van der Waals surface area contributed by atoms with Crippen molar-refractivity contribution < 1.29 is 18.1 Å². The largest absolute Gasteiger partial charge is 0.271 e. The lowest BCUT2D eigenvalue weighted by Crippen LogP contribution is -2.39. The van der Waals surface area contributed by atoms with Crippen molar-refractivity contribution in [3.8, 4) is 0 Å². The molecule has 3 rings (SSSR count). The van der Waals surface area contributed by atoms with Gasteiger partial charge in [-0.2, -0.15) is 5.10 Å². The van der Waals surface area contributed by atoms with E-state index < -0.39 is 27.4 Å². The van der Waals surface area contributed by atoms with E-state index in [1.165, 1.54) is 48.7 Å². The van der Waals surface area contributed by atoms with Gasteiger partial charge in [0.2, 0.25) is 0 Å². The van der Waals surface area contributed by atoms with Crippen molar-refractivity contribution in [2.75, 3.05) is 10.8 Å². The second-order valence-corrected chi connectivity index (χ2v) is 9.25. The zero-order chi connectivity index (χ0) is 24.0. The van der Waals surface area contributed by atoms with Crippen LogP contribution in [0.5, 0.6) is 0 Å². The van der Waals surface area contributed by atoms with Gasteiger partial charge in [0.15, 0.2) is 0 Å². The summed E-state index contributed by atoms with van der Waals surface area (Å²) >= 11 is 6.04. The van der Waals surface area contributed by atoms with Gasteiger partial charge in [0, 0.05) is 22.7 Å². The number of non-ortho nitro benzene ring substituents is 1. The van der Waals surface area contributed by atoms with Crippen LogP contribution in [0.3, 0.4) is 0 Å². The maximum atomic E-state index is 13.3. The Labute approximate surface area is 195 Å². The number of nitro benzene ring substituents is 1. The Kier molecular flexibility index (Phi) is 7.41. The molecule has 0 saturated heterocycles. The van der Waals surface area contributed by atoms with Crippen LogP contribution in [0.1, 0.15) is 11.1 Å². The van der Waals surface area contributed by atoms with Crippen LogP contribution in [-0.2, 0) is 14.8 Å². The average Bonchev–Trinajstić information content (AvgIpc) is 2.78. The van der Waals surface area contributed by atoms with Gasteiger partial charge in [-0.15, -0.1) is 0 Å². The maximum Gasteiger partial charge on any atom is 0.270 e. The number of aryl methyl sites for hydroxylation is 1. The summed E-state index contributed by atoms with van der Waals surface area (Å²) < 4.78 is 27.5. The molecule has 170 valence electrons. The Balaban J connectivity index is 1.83. The summed E-state index contributed by atoms with van der Waals surface area (Å²) in [6.45, 7) is 1.26. The molecule has 0 aliphatic rings. The number of nitrogens with zero attached hydrogens (tertiary/aromatic N) is 3. The molecule has 0 saturated carbocycles. The van der Waals surface area contributed by atoms with Crippen molar-refractivity contribution in [3.63, 3.8) is 0 Å². The Hall–Kier alpha value is -3.76. The lowest BCUT2D eigenvalue weighted by Gasteiger charge is -2.24. The summed E-state index contributed by atoms with van der Waals surface area (Å²) in [5, 5.41) is 14.9. The second kappa shape index (κ2) is 10.2. The molecule has 3 aromatic rings. The lowest BCUT2D eigenvalue weighted by molar-refractivity contribution is -0.384. The zero-order valence-corrected chi connectivity index (χ0v) is 19.0. The molecule has 0 unspecified atom stereocenters. The number of nitro groups is 1. The summed E-state index contributed by atoms with van der Waals surface area (Å²) in [7, 11) is -4.09. The van der Waals surface area contributed by atoms with Gasteiger partial charge in [-0.3, -0.25) is 19.2 Å². The number of hydrogen-bond acceptors (Lipinski definition) is 6. The van der Waals surface area contributed by atoms with Gasteiger partial charge in [0.25, 0.3) is 21.6 Å². The summed E-state index contributed by atoms with van der Waals surface area (Å²) in [5.41, 5.74) is 3.61. The molecule has 0 radical (unpaired) electrons. The summed E-state index contributed by atoms with van der Waals surface area (Å²) in [6.07, 6.45) is 1.23. The number of benzene rings is 3. The molecule has 3 aromatic carbocycles. The van der Waals surface area contributed by atoms with Crippen LogP contribution < -0.4 is 9.73 Å². The molecule has 0 atom stereocenters. The lowest BCUT2D eigenvalue weighted by atomic mass is 10.2. The number of halogens is 1. The molecular formula is C22H19ClN4O5S. The molecule has 0 aliphatic carbocycles. The highest BCUT2D eigenvalue weighted by molar-refractivity contribution is 7.92. The highest BCUT2D eigenvalue weighted by atomic mass is 35.5. The number of amides is 1.